The van der Waals surface area contributed by atoms with Crippen molar-refractivity contribution in [1.29, 1.82) is 0 Å². The summed E-state index contributed by atoms with van der Waals surface area (Å²) >= 11 is 0. The summed E-state index contributed by atoms with van der Waals surface area (Å²) in [6.45, 7) is 2.19. The minimum atomic E-state index is -0.264. The molecule has 1 aromatic rings. The average molecular weight is 290 g/mol. The Hall–Kier alpha value is -1.88. The third kappa shape index (κ3) is 4.29. The van der Waals surface area contributed by atoms with Crippen molar-refractivity contribution in [2.45, 2.75) is 31.8 Å². The van der Waals surface area contributed by atoms with Crippen LogP contribution in [-0.4, -0.2) is 44.5 Å². The van der Waals surface area contributed by atoms with Crippen LogP contribution in [0.4, 0.5) is 5.69 Å². The van der Waals surface area contributed by atoms with Crippen LogP contribution in [0.1, 0.15) is 19.8 Å². The van der Waals surface area contributed by atoms with E-state index < -0.39 is 0 Å². The summed E-state index contributed by atoms with van der Waals surface area (Å²) in [7, 11) is 3.65. The van der Waals surface area contributed by atoms with Crippen LogP contribution in [-0.2, 0) is 9.59 Å². The Labute approximate surface area is 125 Å². The number of quaternary nitrogens is 1. The molecule has 0 saturated heterocycles. The van der Waals surface area contributed by atoms with Gasteiger partial charge in [0, 0.05) is 18.8 Å². The van der Waals surface area contributed by atoms with E-state index in [4.69, 9.17) is 0 Å². The monoisotopic (exact) mass is 290 g/mol. The normalized spacial score (nSPS) is 16.9. The van der Waals surface area contributed by atoms with Gasteiger partial charge in [-0.3, -0.25) is 9.59 Å². The number of anilines is 1. The van der Waals surface area contributed by atoms with Crippen molar-refractivity contribution in [3.63, 3.8) is 0 Å². The van der Waals surface area contributed by atoms with Gasteiger partial charge in [-0.2, -0.15) is 0 Å². The predicted octanol–water partition coefficient (Wildman–Crippen LogP) is -0.169. The Bertz CT molecular complexity index is 500. The minimum Gasteiger partial charge on any atom is -0.348 e. The lowest BCUT2D eigenvalue weighted by molar-refractivity contribution is -0.885. The SMILES string of the molecule is C[C@@H](C(=O)N(C)c1ccccc1)[NH+](C)CC(=O)NC1CC1. The number of hydrogen-bond donors (Lipinski definition) is 2. The second-order valence-electron chi connectivity index (χ2n) is 5.82. The van der Waals surface area contributed by atoms with E-state index in [1.165, 1.54) is 0 Å². The highest BCUT2D eigenvalue weighted by molar-refractivity contribution is 5.95. The molecule has 1 aromatic carbocycles. The van der Waals surface area contributed by atoms with Crippen LogP contribution < -0.4 is 15.1 Å². The molecular formula is C16H24N3O2+. The molecule has 1 fully saturated rings. The fourth-order valence-electron chi connectivity index (χ4n) is 2.19. The van der Waals surface area contributed by atoms with Gasteiger partial charge < -0.3 is 15.1 Å². The molecule has 1 aliphatic rings. The predicted molar refractivity (Wildman–Crippen MR) is 82.2 cm³/mol. The van der Waals surface area contributed by atoms with Gasteiger partial charge in [0.2, 0.25) is 0 Å². The van der Waals surface area contributed by atoms with Crippen molar-refractivity contribution < 1.29 is 14.5 Å². The molecule has 0 bridgehead atoms. The van der Waals surface area contributed by atoms with Gasteiger partial charge in [0.1, 0.15) is 0 Å². The van der Waals surface area contributed by atoms with E-state index in [0.717, 1.165) is 23.4 Å². The highest BCUT2D eigenvalue weighted by atomic mass is 16.2. The van der Waals surface area contributed by atoms with Crippen LogP contribution in [0.15, 0.2) is 30.3 Å². The first kappa shape index (κ1) is 15.5. The summed E-state index contributed by atoms with van der Waals surface area (Å²) in [4.78, 5) is 26.8. The number of carbonyl (C=O) groups excluding carboxylic acids is 2. The van der Waals surface area contributed by atoms with Crippen molar-refractivity contribution >= 4 is 17.5 Å². The van der Waals surface area contributed by atoms with Gasteiger partial charge >= 0.3 is 0 Å². The number of rotatable bonds is 6. The van der Waals surface area contributed by atoms with E-state index in [0.29, 0.717) is 12.6 Å². The topological polar surface area (TPSA) is 53.9 Å². The highest BCUT2D eigenvalue weighted by Gasteiger charge is 2.29. The minimum absolute atomic E-state index is 0.0120. The first-order valence-electron chi connectivity index (χ1n) is 7.43. The van der Waals surface area contributed by atoms with E-state index in [9.17, 15) is 9.59 Å². The maximum absolute atomic E-state index is 12.5. The van der Waals surface area contributed by atoms with Crippen LogP contribution in [0.25, 0.3) is 0 Å². The molecule has 21 heavy (non-hydrogen) atoms. The Kier molecular flexibility index (Phi) is 4.96. The van der Waals surface area contributed by atoms with Gasteiger partial charge in [-0.15, -0.1) is 0 Å². The van der Waals surface area contributed by atoms with Crippen molar-refractivity contribution in [3.8, 4) is 0 Å². The lowest BCUT2D eigenvalue weighted by atomic mass is 10.2. The number of carbonyl (C=O) groups is 2. The van der Waals surface area contributed by atoms with Crippen LogP contribution in [0.5, 0.6) is 0 Å². The summed E-state index contributed by atoms with van der Waals surface area (Å²) in [6, 6.07) is 9.64. The van der Waals surface area contributed by atoms with Crippen molar-refractivity contribution in [2.24, 2.45) is 0 Å². The Morgan fingerprint density at radius 1 is 1.33 bits per heavy atom. The molecule has 0 aromatic heterocycles. The second-order valence-corrected chi connectivity index (χ2v) is 5.82. The molecule has 2 atom stereocenters. The largest absolute Gasteiger partial charge is 0.348 e. The van der Waals surface area contributed by atoms with Gasteiger partial charge in [-0.25, -0.2) is 0 Å². The Morgan fingerprint density at radius 3 is 2.52 bits per heavy atom. The number of para-hydroxylation sites is 1. The zero-order valence-corrected chi connectivity index (χ0v) is 12.9. The molecule has 2 rings (SSSR count). The summed E-state index contributed by atoms with van der Waals surface area (Å²) in [5, 5.41) is 2.95. The number of hydrogen-bond acceptors (Lipinski definition) is 2. The van der Waals surface area contributed by atoms with E-state index in [-0.39, 0.29) is 17.9 Å². The zero-order chi connectivity index (χ0) is 15.4. The van der Waals surface area contributed by atoms with Gasteiger partial charge in [0.25, 0.3) is 11.8 Å². The number of nitrogens with one attached hydrogen (secondary N) is 2. The van der Waals surface area contributed by atoms with E-state index >= 15 is 0 Å². The van der Waals surface area contributed by atoms with E-state index in [1.807, 2.05) is 44.3 Å². The molecule has 2 N–H and O–H groups in total. The molecule has 1 unspecified atom stereocenters. The van der Waals surface area contributed by atoms with Crippen LogP contribution in [0, 0.1) is 0 Å². The Morgan fingerprint density at radius 2 is 1.95 bits per heavy atom. The summed E-state index contributed by atoms with van der Waals surface area (Å²) < 4.78 is 0. The fraction of sp³-hybridized carbons (Fsp3) is 0.500. The zero-order valence-electron chi connectivity index (χ0n) is 12.9. The molecule has 5 heteroatoms. The van der Waals surface area contributed by atoms with Crippen LogP contribution in [0.3, 0.4) is 0 Å². The molecule has 0 radical (unpaired) electrons. The molecule has 0 heterocycles. The number of amides is 2. The lowest BCUT2D eigenvalue weighted by Crippen LogP contribution is -3.15. The highest BCUT2D eigenvalue weighted by Crippen LogP contribution is 2.18. The molecule has 1 aliphatic carbocycles. The quantitative estimate of drug-likeness (QED) is 0.764. The summed E-state index contributed by atoms with van der Waals surface area (Å²) in [5.41, 5.74) is 0.865. The third-order valence-electron chi connectivity index (χ3n) is 3.97. The molecule has 114 valence electrons. The first-order chi connectivity index (χ1) is 9.99. The second kappa shape index (κ2) is 6.72. The van der Waals surface area contributed by atoms with Gasteiger partial charge in [-0.05, 0) is 31.9 Å². The lowest BCUT2D eigenvalue weighted by Gasteiger charge is -2.25. The Balaban J connectivity index is 1.89. The number of likely N-dealkylation sites (N-methyl/N-ethyl adjacent to an activating group) is 2. The standard InChI is InChI=1S/C16H23N3O2/c1-12(18(2)11-15(20)17-13-9-10-13)16(21)19(3)14-7-5-4-6-8-14/h4-8,12-13H,9-11H2,1-3H3,(H,17,20)/p+1/t12-/m0/s1. The average Bonchev–Trinajstić information content (AvgIpc) is 3.29. The number of nitrogens with zero attached hydrogens (tertiary/aromatic N) is 1. The molecule has 1 saturated carbocycles. The van der Waals surface area contributed by atoms with Crippen molar-refractivity contribution in [2.75, 3.05) is 25.5 Å². The summed E-state index contributed by atoms with van der Waals surface area (Å²) in [5.74, 6) is 0.0370. The van der Waals surface area contributed by atoms with Gasteiger partial charge in [0.05, 0.1) is 7.05 Å². The maximum Gasteiger partial charge on any atom is 0.284 e. The van der Waals surface area contributed by atoms with E-state index in [1.54, 1.807) is 11.9 Å². The molecule has 0 aliphatic heterocycles. The summed E-state index contributed by atoms with van der Waals surface area (Å²) in [6.07, 6.45) is 2.16. The van der Waals surface area contributed by atoms with E-state index in [2.05, 4.69) is 5.32 Å². The van der Waals surface area contributed by atoms with Crippen LogP contribution in [0.2, 0.25) is 0 Å². The fourth-order valence-corrected chi connectivity index (χ4v) is 2.19. The van der Waals surface area contributed by atoms with Crippen molar-refractivity contribution in [3.05, 3.63) is 30.3 Å². The van der Waals surface area contributed by atoms with Gasteiger partial charge in [-0.1, -0.05) is 18.2 Å². The first-order valence-corrected chi connectivity index (χ1v) is 7.43. The number of benzene rings is 1. The molecule has 0 spiro atoms. The van der Waals surface area contributed by atoms with Crippen molar-refractivity contribution in [1.82, 2.24) is 5.32 Å². The van der Waals surface area contributed by atoms with Gasteiger partial charge in [0.15, 0.2) is 12.6 Å². The maximum atomic E-state index is 12.5. The third-order valence-corrected chi connectivity index (χ3v) is 3.97. The smallest absolute Gasteiger partial charge is 0.284 e. The molecule has 2 amide bonds. The van der Waals surface area contributed by atoms with Crippen LogP contribution >= 0.6 is 0 Å². The molecule has 5 nitrogen and oxygen atoms in total. The molecular weight excluding hydrogens is 266 g/mol.